The molecule has 4 atom stereocenters. The van der Waals surface area contributed by atoms with Crippen molar-refractivity contribution in [2.45, 2.75) is 37.8 Å². The molecule has 0 radical (unpaired) electrons. The number of likely N-dealkylation sites (N-methyl/N-ethyl adjacent to an activating group) is 1. The number of nitrogens with one attached hydrogen (secondary N) is 1. The predicted molar refractivity (Wildman–Crippen MR) is 101 cm³/mol. The molecule has 3 saturated heterocycles. The molecule has 1 N–H and O–H groups in total. The summed E-state index contributed by atoms with van der Waals surface area (Å²) in [5.41, 5.74) is 0.426. The first-order chi connectivity index (χ1) is 12.5. The number of carbonyl (C=O) groups excluding carboxylic acids is 1. The van der Waals surface area contributed by atoms with Gasteiger partial charge in [-0.15, -0.1) is 0 Å². The molecule has 0 aliphatic carbocycles. The van der Waals surface area contributed by atoms with Gasteiger partial charge in [-0.1, -0.05) is 6.42 Å². The molecule has 2 bridgehead atoms. The van der Waals surface area contributed by atoms with E-state index in [-0.39, 0.29) is 11.5 Å². The molecule has 4 heterocycles. The molecular formula is C20H30N4O2. The third-order valence-corrected chi connectivity index (χ3v) is 6.49. The first-order valence-corrected chi connectivity index (χ1v) is 9.91. The standard InChI is InChI=1S/C20H30N4O2/c1-22(2)13-18-16-9-15(17-5-3-4-8-24(17)18)11-23(12-16)20(26)14-6-7-19(25)21-10-14/h6-7,10,15-18H,3-5,8-9,11-13H2,1-2H3,(H,21,25)/t15-,16+,17+,18+/m1/s1. The van der Waals surface area contributed by atoms with Gasteiger partial charge in [0.25, 0.3) is 5.91 Å². The van der Waals surface area contributed by atoms with Crippen LogP contribution in [0, 0.1) is 11.8 Å². The average molecular weight is 358 g/mol. The third kappa shape index (κ3) is 3.32. The monoisotopic (exact) mass is 358 g/mol. The lowest BCUT2D eigenvalue weighted by atomic mass is 9.72. The van der Waals surface area contributed by atoms with Crippen LogP contribution in [0.15, 0.2) is 23.1 Å². The maximum atomic E-state index is 13.0. The summed E-state index contributed by atoms with van der Waals surface area (Å²) in [6, 6.07) is 4.25. The van der Waals surface area contributed by atoms with E-state index in [9.17, 15) is 9.59 Å². The number of piperidine rings is 3. The number of aromatic amines is 1. The Kier molecular flexibility index (Phi) is 4.88. The van der Waals surface area contributed by atoms with E-state index in [2.05, 4.69) is 28.9 Å². The Balaban J connectivity index is 1.57. The van der Waals surface area contributed by atoms with Crippen LogP contribution in [0.4, 0.5) is 0 Å². The van der Waals surface area contributed by atoms with E-state index in [0.717, 1.165) is 19.6 Å². The van der Waals surface area contributed by atoms with Crippen LogP contribution >= 0.6 is 0 Å². The lowest BCUT2D eigenvalue weighted by Crippen LogP contribution is -2.65. The Labute approximate surface area is 155 Å². The van der Waals surface area contributed by atoms with E-state index in [1.807, 2.05) is 4.90 Å². The average Bonchev–Trinajstić information content (AvgIpc) is 2.65. The van der Waals surface area contributed by atoms with Crippen LogP contribution in [0.25, 0.3) is 0 Å². The van der Waals surface area contributed by atoms with Crippen LogP contribution in [0.3, 0.4) is 0 Å². The molecule has 3 fully saturated rings. The third-order valence-electron chi connectivity index (χ3n) is 6.49. The summed E-state index contributed by atoms with van der Waals surface area (Å²) in [4.78, 5) is 34.0. The summed E-state index contributed by atoms with van der Waals surface area (Å²) >= 11 is 0. The highest BCUT2D eigenvalue weighted by atomic mass is 16.2. The van der Waals surface area contributed by atoms with E-state index in [1.54, 1.807) is 12.3 Å². The number of pyridine rings is 1. The number of hydrogen-bond donors (Lipinski definition) is 1. The first-order valence-electron chi connectivity index (χ1n) is 9.91. The van der Waals surface area contributed by atoms with Crippen LogP contribution in [0.1, 0.15) is 36.0 Å². The second-order valence-corrected chi connectivity index (χ2v) is 8.54. The molecule has 0 spiro atoms. The van der Waals surface area contributed by atoms with Crippen molar-refractivity contribution in [3.05, 3.63) is 34.2 Å². The lowest BCUT2D eigenvalue weighted by Gasteiger charge is -2.57. The molecule has 26 heavy (non-hydrogen) atoms. The molecule has 0 aromatic carbocycles. The molecule has 6 nitrogen and oxygen atoms in total. The summed E-state index contributed by atoms with van der Waals surface area (Å²) < 4.78 is 0. The fourth-order valence-electron chi connectivity index (χ4n) is 5.42. The van der Waals surface area contributed by atoms with E-state index < -0.39 is 0 Å². The van der Waals surface area contributed by atoms with Crippen LogP contribution in [-0.4, -0.2) is 77.9 Å². The summed E-state index contributed by atoms with van der Waals surface area (Å²) in [5.74, 6) is 1.18. The Morgan fingerprint density at radius 2 is 2.04 bits per heavy atom. The van der Waals surface area contributed by atoms with Crippen molar-refractivity contribution in [3.63, 3.8) is 0 Å². The van der Waals surface area contributed by atoms with Gasteiger partial charge in [-0.25, -0.2) is 0 Å². The Morgan fingerprint density at radius 1 is 1.23 bits per heavy atom. The minimum Gasteiger partial charge on any atom is -0.338 e. The SMILES string of the molecule is CN(C)C[C@H]1[C@H]2C[C@H](CN(C(=O)c3ccc(=O)[nH]c3)C2)[C@@H]2CCCCN21. The number of carbonyl (C=O) groups is 1. The largest absolute Gasteiger partial charge is 0.338 e. The van der Waals surface area contributed by atoms with E-state index in [4.69, 9.17) is 0 Å². The number of aromatic nitrogens is 1. The van der Waals surface area contributed by atoms with E-state index >= 15 is 0 Å². The number of rotatable bonds is 3. The molecule has 0 unspecified atom stereocenters. The van der Waals surface area contributed by atoms with Gasteiger partial charge in [0.1, 0.15) is 0 Å². The number of H-pyrrole nitrogens is 1. The Hall–Kier alpha value is -1.66. The maximum Gasteiger partial charge on any atom is 0.255 e. The van der Waals surface area contributed by atoms with E-state index in [1.165, 1.54) is 38.3 Å². The summed E-state index contributed by atoms with van der Waals surface area (Å²) in [6.45, 7) is 3.96. The van der Waals surface area contributed by atoms with Crippen LogP contribution in [-0.2, 0) is 0 Å². The molecule has 3 aliphatic rings. The molecule has 1 aromatic rings. The van der Waals surface area contributed by atoms with Crippen LogP contribution in [0.2, 0.25) is 0 Å². The highest BCUT2D eigenvalue weighted by Crippen LogP contribution is 2.41. The highest BCUT2D eigenvalue weighted by Gasteiger charge is 2.47. The summed E-state index contributed by atoms with van der Waals surface area (Å²) in [5, 5.41) is 0. The molecular weight excluding hydrogens is 328 g/mol. The van der Waals surface area contributed by atoms with Crippen molar-refractivity contribution < 1.29 is 4.79 Å². The minimum atomic E-state index is -0.166. The van der Waals surface area contributed by atoms with Crippen LogP contribution in [0.5, 0.6) is 0 Å². The van der Waals surface area contributed by atoms with Crippen molar-refractivity contribution in [3.8, 4) is 0 Å². The number of hydrogen-bond acceptors (Lipinski definition) is 4. The molecule has 0 saturated carbocycles. The highest BCUT2D eigenvalue weighted by molar-refractivity contribution is 5.94. The summed E-state index contributed by atoms with van der Waals surface area (Å²) in [7, 11) is 4.30. The first kappa shape index (κ1) is 17.7. The van der Waals surface area contributed by atoms with Gasteiger partial charge in [0.2, 0.25) is 5.56 Å². The fourth-order valence-corrected chi connectivity index (χ4v) is 5.42. The Morgan fingerprint density at radius 3 is 2.77 bits per heavy atom. The van der Waals surface area contributed by atoms with E-state index in [0.29, 0.717) is 29.5 Å². The second kappa shape index (κ2) is 7.16. The fraction of sp³-hybridized carbons (Fsp3) is 0.700. The van der Waals surface area contributed by atoms with Gasteiger partial charge in [-0.3, -0.25) is 14.5 Å². The topological polar surface area (TPSA) is 59.7 Å². The van der Waals surface area contributed by atoms with Crippen molar-refractivity contribution in [1.29, 1.82) is 0 Å². The molecule has 142 valence electrons. The smallest absolute Gasteiger partial charge is 0.255 e. The molecule has 1 aromatic heterocycles. The Bertz CT molecular complexity index is 696. The number of fused-ring (bicyclic) bond motifs is 4. The lowest BCUT2D eigenvalue weighted by molar-refractivity contribution is -0.0702. The molecule has 6 heteroatoms. The van der Waals surface area contributed by atoms with Crippen molar-refractivity contribution in [2.75, 3.05) is 40.3 Å². The maximum absolute atomic E-state index is 13.0. The van der Waals surface area contributed by atoms with Crippen molar-refractivity contribution in [2.24, 2.45) is 11.8 Å². The van der Waals surface area contributed by atoms with Gasteiger partial charge in [0, 0.05) is 44.0 Å². The number of likely N-dealkylation sites (tertiary alicyclic amines) is 1. The minimum absolute atomic E-state index is 0.0591. The zero-order valence-electron chi connectivity index (χ0n) is 15.9. The van der Waals surface area contributed by atoms with Gasteiger partial charge in [-0.05, 0) is 57.8 Å². The summed E-state index contributed by atoms with van der Waals surface area (Å²) in [6.07, 6.45) is 6.68. The predicted octanol–water partition coefficient (Wildman–Crippen LogP) is 1.25. The van der Waals surface area contributed by atoms with Gasteiger partial charge in [0.15, 0.2) is 0 Å². The zero-order valence-corrected chi connectivity index (χ0v) is 15.9. The normalized spacial score (nSPS) is 31.7. The zero-order chi connectivity index (χ0) is 18.3. The molecule has 3 aliphatic heterocycles. The van der Waals surface area contributed by atoms with Crippen molar-refractivity contribution in [1.82, 2.24) is 19.7 Å². The van der Waals surface area contributed by atoms with Gasteiger partial charge in [-0.2, -0.15) is 0 Å². The quantitative estimate of drug-likeness (QED) is 0.884. The molecule has 4 rings (SSSR count). The van der Waals surface area contributed by atoms with Gasteiger partial charge >= 0.3 is 0 Å². The second-order valence-electron chi connectivity index (χ2n) is 8.54. The number of nitrogens with zero attached hydrogens (tertiary/aromatic N) is 3. The van der Waals surface area contributed by atoms with Crippen molar-refractivity contribution >= 4 is 5.91 Å². The van der Waals surface area contributed by atoms with Gasteiger partial charge < -0.3 is 14.8 Å². The number of amides is 1. The van der Waals surface area contributed by atoms with Gasteiger partial charge in [0.05, 0.1) is 5.56 Å². The molecule has 1 amide bonds. The van der Waals surface area contributed by atoms with Crippen LogP contribution < -0.4 is 5.56 Å².